The number of allylic oxidation sites excluding steroid dienone is 4. The molecule has 1 aliphatic rings. The SMILES string of the molecule is CCCC1CC=C(C(C)C)C=C(C)CC1. The fourth-order valence-corrected chi connectivity index (χ4v) is 2.34. The van der Waals surface area contributed by atoms with Crippen molar-refractivity contribution < 1.29 is 0 Å². The largest absolute Gasteiger partial charge is 0.0808 e. The van der Waals surface area contributed by atoms with Crippen molar-refractivity contribution >= 4 is 0 Å². The molecule has 0 saturated heterocycles. The van der Waals surface area contributed by atoms with Crippen LogP contribution in [0, 0.1) is 11.8 Å². The molecule has 0 aromatic carbocycles. The molecule has 1 atom stereocenters. The summed E-state index contributed by atoms with van der Waals surface area (Å²) in [6, 6.07) is 0. The Morgan fingerprint density at radius 3 is 2.73 bits per heavy atom. The minimum Gasteiger partial charge on any atom is -0.0808 e. The fraction of sp³-hybridized carbons (Fsp3) is 0.733. The molecule has 0 heterocycles. The fourth-order valence-electron chi connectivity index (χ4n) is 2.34. The first kappa shape index (κ1) is 12.5. The molecule has 1 rings (SSSR count). The van der Waals surface area contributed by atoms with Crippen LogP contribution in [-0.4, -0.2) is 0 Å². The van der Waals surface area contributed by atoms with Crippen LogP contribution >= 0.6 is 0 Å². The topological polar surface area (TPSA) is 0 Å². The lowest BCUT2D eigenvalue weighted by Crippen LogP contribution is -2.04. The Balaban J connectivity index is 2.70. The molecule has 0 spiro atoms. The average Bonchev–Trinajstić information content (AvgIpc) is 2.16. The molecule has 0 aromatic heterocycles. The Kier molecular flexibility index (Phi) is 5.14. The van der Waals surface area contributed by atoms with E-state index in [0.29, 0.717) is 5.92 Å². The standard InChI is InChI=1S/C15H26/c1-5-6-14-8-7-13(4)11-15(10-9-14)12(2)3/h10-12,14H,5-9H2,1-4H3. The highest BCUT2D eigenvalue weighted by Gasteiger charge is 2.11. The summed E-state index contributed by atoms with van der Waals surface area (Å²) in [5, 5.41) is 0. The van der Waals surface area contributed by atoms with Crippen molar-refractivity contribution in [1.29, 1.82) is 0 Å². The molecule has 0 bridgehead atoms. The molecule has 0 fully saturated rings. The van der Waals surface area contributed by atoms with Gasteiger partial charge >= 0.3 is 0 Å². The average molecular weight is 206 g/mol. The minimum absolute atomic E-state index is 0.681. The van der Waals surface area contributed by atoms with Crippen LogP contribution in [-0.2, 0) is 0 Å². The third kappa shape index (κ3) is 4.24. The van der Waals surface area contributed by atoms with E-state index < -0.39 is 0 Å². The van der Waals surface area contributed by atoms with Crippen LogP contribution in [0.25, 0.3) is 0 Å². The van der Waals surface area contributed by atoms with Gasteiger partial charge in [0.15, 0.2) is 0 Å². The van der Waals surface area contributed by atoms with Gasteiger partial charge in [0.2, 0.25) is 0 Å². The molecular weight excluding hydrogens is 180 g/mol. The number of rotatable bonds is 3. The number of hydrogen-bond donors (Lipinski definition) is 0. The molecule has 0 N–H and O–H groups in total. The Labute approximate surface area is 95.5 Å². The van der Waals surface area contributed by atoms with Crippen molar-refractivity contribution in [3.05, 3.63) is 23.3 Å². The van der Waals surface area contributed by atoms with E-state index in [1.165, 1.54) is 32.1 Å². The Hall–Kier alpha value is -0.520. The zero-order chi connectivity index (χ0) is 11.3. The van der Waals surface area contributed by atoms with Crippen LogP contribution in [0.15, 0.2) is 23.3 Å². The van der Waals surface area contributed by atoms with Crippen LogP contribution in [0.3, 0.4) is 0 Å². The van der Waals surface area contributed by atoms with Crippen LogP contribution in [0.1, 0.15) is 59.8 Å². The van der Waals surface area contributed by atoms with E-state index in [-0.39, 0.29) is 0 Å². The summed E-state index contributed by atoms with van der Waals surface area (Å²) in [4.78, 5) is 0. The molecule has 0 amide bonds. The van der Waals surface area contributed by atoms with Gasteiger partial charge in [0.1, 0.15) is 0 Å². The van der Waals surface area contributed by atoms with Gasteiger partial charge in [-0.2, -0.15) is 0 Å². The second kappa shape index (κ2) is 6.15. The van der Waals surface area contributed by atoms with Crippen LogP contribution in [0.5, 0.6) is 0 Å². The first-order valence-electron chi connectivity index (χ1n) is 6.50. The molecule has 0 aromatic rings. The lowest BCUT2D eigenvalue weighted by atomic mass is 9.87. The van der Waals surface area contributed by atoms with Crippen molar-refractivity contribution in [3.8, 4) is 0 Å². The second-order valence-electron chi connectivity index (χ2n) is 5.28. The lowest BCUT2D eigenvalue weighted by Gasteiger charge is -2.19. The molecule has 0 radical (unpaired) electrons. The van der Waals surface area contributed by atoms with Gasteiger partial charge in [0, 0.05) is 0 Å². The zero-order valence-corrected chi connectivity index (χ0v) is 10.8. The van der Waals surface area contributed by atoms with Gasteiger partial charge < -0.3 is 0 Å². The van der Waals surface area contributed by atoms with E-state index in [1.807, 2.05) is 0 Å². The van der Waals surface area contributed by atoms with Gasteiger partial charge in [-0.15, -0.1) is 0 Å². The quantitative estimate of drug-likeness (QED) is 0.601. The van der Waals surface area contributed by atoms with E-state index in [1.54, 1.807) is 11.1 Å². The highest BCUT2D eigenvalue weighted by atomic mass is 14.2. The van der Waals surface area contributed by atoms with Gasteiger partial charge in [-0.25, -0.2) is 0 Å². The third-order valence-corrected chi connectivity index (χ3v) is 3.41. The van der Waals surface area contributed by atoms with Gasteiger partial charge in [0.05, 0.1) is 0 Å². The van der Waals surface area contributed by atoms with E-state index in [9.17, 15) is 0 Å². The van der Waals surface area contributed by atoms with Crippen molar-refractivity contribution in [2.75, 3.05) is 0 Å². The monoisotopic (exact) mass is 206 g/mol. The molecule has 15 heavy (non-hydrogen) atoms. The summed E-state index contributed by atoms with van der Waals surface area (Å²) in [5.74, 6) is 1.60. The van der Waals surface area contributed by atoms with Crippen molar-refractivity contribution in [3.63, 3.8) is 0 Å². The van der Waals surface area contributed by atoms with Crippen molar-refractivity contribution in [1.82, 2.24) is 0 Å². The maximum absolute atomic E-state index is 2.48. The summed E-state index contributed by atoms with van der Waals surface area (Å²) in [7, 11) is 0. The first-order valence-corrected chi connectivity index (χ1v) is 6.50. The second-order valence-corrected chi connectivity index (χ2v) is 5.28. The molecule has 1 unspecified atom stereocenters. The highest BCUT2D eigenvalue weighted by Crippen LogP contribution is 2.27. The summed E-state index contributed by atoms with van der Waals surface area (Å²) < 4.78 is 0. The molecule has 0 aliphatic heterocycles. The summed E-state index contributed by atoms with van der Waals surface area (Å²) in [6.07, 6.45) is 11.6. The zero-order valence-electron chi connectivity index (χ0n) is 10.8. The van der Waals surface area contributed by atoms with Crippen LogP contribution in [0.2, 0.25) is 0 Å². The van der Waals surface area contributed by atoms with Gasteiger partial charge in [-0.1, -0.05) is 51.3 Å². The first-order chi connectivity index (χ1) is 7.13. The van der Waals surface area contributed by atoms with E-state index in [2.05, 4.69) is 39.8 Å². The van der Waals surface area contributed by atoms with Crippen molar-refractivity contribution in [2.45, 2.75) is 59.8 Å². The van der Waals surface area contributed by atoms with Gasteiger partial charge in [-0.3, -0.25) is 0 Å². The Bertz CT molecular complexity index is 243. The normalized spacial score (nSPS) is 23.1. The molecule has 0 heteroatoms. The predicted molar refractivity (Wildman–Crippen MR) is 68.9 cm³/mol. The maximum atomic E-state index is 2.48. The molecule has 0 saturated carbocycles. The maximum Gasteiger partial charge on any atom is -0.0222 e. The Morgan fingerprint density at radius 1 is 1.40 bits per heavy atom. The molecule has 86 valence electrons. The van der Waals surface area contributed by atoms with Crippen LogP contribution < -0.4 is 0 Å². The lowest BCUT2D eigenvalue weighted by molar-refractivity contribution is 0.445. The predicted octanol–water partition coefficient (Wildman–Crippen LogP) is 5.12. The van der Waals surface area contributed by atoms with Gasteiger partial charge in [-0.05, 0) is 43.6 Å². The third-order valence-electron chi connectivity index (χ3n) is 3.41. The summed E-state index contributed by atoms with van der Waals surface area (Å²) >= 11 is 0. The van der Waals surface area contributed by atoms with Crippen LogP contribution in [0.4, 0.5) is 0 Å². The molecular formula is C15H26. The molecule has 1 aliphatic carbocycles. The van der Waals surface area contributed by atoms with E-state index in [0.717, 1.165) is 5.92 Å². The van der Waals surface area contributed by atoms with E-state index >= 15 is 0 Å². The summed E-state index contributed by atoms with van der Waals surface area (Å²) in [6.45, 7) is 9.18. The van der Waals surface area contributed by atoms with Crippen molar-refractivity contribution in [2.24, 2.45) is 11.8 Å². The molecule has 0 nitrogen and oxygen atoms in total. The van der Waals surface area contributed by atoms with E-state index in [4.69, 9.17) is 0 Å². The minimum atomic E-state index is 0.681. The smallest absolute Gasteiger partial charge is 0.0222 e. The van der Waals surface area contributed by atoms with Gasteiger partial charge in [0.25, 0.3) is 0 Å². The highest BCUT2D eigenvalue weighted by molar-refractivity contribution is 5.25. The Morgan fingerprint density at radius 2 is 2.13 bits per heavy atom. The number of hydrogen-bond acceptors (Lipinski definition) is 0. The summed E-state index contributed by atoms with van der Waals surface area (Å²) in [5.41, 5.74) is 3.11.